The van der Waals surface area contributed by atoms with Gasteiger partial charge >= 0.3 is 0 Å². The van der Waals surface area contributed by atoms with Crippen LogP contribution in [-0.2, 0) is 0 Å². The summed E-state index contributed by atoms with van der Waals surface area (Å²) in [5.41, 5.74) is -2.03. The standard InChI is InChI=1S/C47H60N4O13/c1-4-7-27-59-37-34(52)18-30-62-40(37)44(56)48-24-13-21-47(51-43(55)33-16-11-10-12-17-33,22-14-25-49-45(57)41-38(60-28-8-5-2)35(53)19-31-63-41)23-15-26-50-46(58)42-39(61-29-9-6-3)36(54)20-32-64-42/h10-12,16-20,30-32H,4-9,13-15,21-29H2,1-3H3,(H,48,56)(H,49,57)(H,50,58)(H,51,55). The number of hydrogen-bond acceptors (Lipinski definition) is 13. The normalized spacial score (nSPS) is 11.0. The molecular weight excluding hydrogens is 829 g/mol. The van der Waals surface area contributed by atoms with Gasteiger partial charge < -0.3 is 48.7 Å². The first-order chi connectivity index (χ1) is 31.0. The van der Waals surface area contributed by atoms with E-state index in [0.29, 0.717) is 63.4 Å². The number of nitrogens with one attached hydrogen (secondary N) is 4. The van der Waals surface area contributed by atoms with Crippen LogP contribution in [0.5, 0.6) is 17.2 Å². The molecule has 0 aliphatic rings. The fourth-order valence-corrected chi connectivity index (χ4v) is 6.64. The van der Waals surface area contributed by atoms with Gasteiger partial charge in [-0.3, -0.25) is 33.6 Å². The van der Waals surface area contributed by atoms with Crippen molar-refractivity contribution in [2.75, 3.05) is 39.5 Å². The third kappa shape index (κ3) is 15.3. The highest BCUT2D eigenvalue weighted by Crippen LogP contribution is 2.27. The summed E-state index contributed by atoms with van der Waals surface area (Å²) in [6, 6.07) is 12.2. The zero-order valence-electron chi connectivity index (χ0n) is 36.9. The second-order valence-electron chi connectivity index (χ2n) is 15.1. The number of carbonyl (C=O) groups is 4. The molecule has 0 atom stereocenters. The molecule has 3 aromatic heterocycles. The maximum absolute atomic E-state index is 13.9. The van der Waals surface area contributed by atoms with Gasteiger partial charge in [-0.25, -0.2) is 0 Å². The lowest BCUT2D eigenvalue weighted by Gasteiger charge is -2.36. The highest BCUT2D eigenvalue weighted by Gasteiger charge is 2.32. The highest BCUT2D eigenvalue weighted by molar-refractivity contribution is 5.95. The maximum Gasteiger partial charge on any atom is 0.291 e. The predicted molar refractivity (Wildman–Crippen MR) is 237 cm³/mol. The van der Waals surface area contributed by atoms with Gasteiger partial charge in [-0.15, -0.1) is 0 Å². The molecule has 0 spiro atoms. The second kappa shape index (κ2) is 26.7. The summed E-state index contributed by atoms with van der Waals surface area (Å²) in [6.07, 6.45) is 9.83. The number of ether oxygens (including phenoxy) is 3. The van der Waals surface area contributed by atoms with Crippen molar-refractivity contribution in [2.24, 2.45) is 0 Å². The van der Waals surface area contributed by atoms with Crippen LogP contribution in [0, 0.1) is 0 Å². The Labute approximate surface area is 371 Å². The van der Waals surface area contributed by atoms with E-state index in [4.69, 9.17) is 27.5 Å². The lowest BCUT2D eigenvalue weighted by atomic mass is 9.83. The van der Waals surface area contributed by atoms with E-state index in [2.05, 4.69) is 21.3 Å². The smallest absolute Gasteiger partial charge is 0.291 e. The molecule has 4 rings (SSSR count). The molecule has 0 bridgehead atoms. The fourth-order valence-electron chi connectivity index (χ4n) is 6.64. The van der Waals surface area contributed by atoms with E-state index in [-0.39, 0.29) is 79.9 Å². The van der Waals surface area contributed by atoms with E-state index in [0.717, 1.165) is 38.1 Å². The molecule has 346 valence electrons. The van der Waals surface area contributed by atoms with Gasteiger partial charge in [-0.2, -0.15) is 0 Å². The number of benzene rings is 1. The lowest BCUT2D eigenvalue weighted by Crippen LogP contribution is -2.50. The van der Waals surface area contributed by atoms with Gasteiger partial charge in [0.15, 0.2) is 0 Å². The first-order valence-electron chi connectivity index (χ1n) is 22.0. The van der Waals surface area contributed by atoms with Crippen molar-refractivity contribution in [3.8, 4) is 17.2 Å². The molecule has 0 aliphatic heterocycles. The molecule has 4 aromatic rings. The predicted octanol–water partition coefficient (Wildman–Crippen LogP) is 6.18. The quantitative estimate of drug-likeness (QED) is 0.0447. The summed E-state index contributed by atoms with van der Waals surface area (Å²) in [6.45, 7) is 6.95. The van der Waals surface area contributed by atoms with Crippen LogP contribution in [0.3, 0.4) is 0 Å². The van der Waals surface area contributed by atoms with Crippen LogP contribution in [0.2, 0.25) is 0 Å². The monoisotopic (exact) mass is 888 g/mol. The zero-order valence-corrected chi connectivity index (χ0v) is 36.9. The molecular formula is C47H60N4O13. The Morgan fingerprint density at radius 2 is 0.828 bits per heavy atom. The lowest BCUT2D eigenvalue weighted by molar-refractivity contribution is 0.0851. The minimum Gasteiger partial charge on any atom is -0.486 e. The van der Waals surface area contributed by atoms with Crippen molar-refractivity contribution < 1.29 is 46.6 Å². The van der Waals surface area contributed by atoms with Crippen molar-refractivity contribution in [3.05, 3.63) is 121 Å². The summed E-state index contributed by atoms with van der Waals surface area (Å²) in [7, 11) is 0. The van der Waals surface area contributed by atoms with Gasteiger partial charge in [0.2, 0.25) is 50.8 Å². The summed E-state index contributed by atoms with van der Waals surface area (Å²) >= 11 is 0. The molecule has 0 saturated heterocycles. The Kier molecular flexibility index (Phi) is 20.9. The van der Waals surface area contributed by atoms with Gasteiger partial charge in [-0.1, -0.05) is 58.2 Å². The maximum atomic E-state index is 13.9. The van der Waals surface area contributed by atoms with Crippen LogP contribution in [0.15, 0.2) is 95.0 Å². The van der Waals surface area contributed by atoms with Crippen molar-refractivity contribution in [3.63, 3.8) is 0 Å². The Hall–Kier alpha value is -6.65. The molecule has 17 heteroatoms. The summed E-state index contributed by atoms with van der Waals surface area (Å²) in [5, 5.41) is 11.6. The van der Waals surface area contributed by atoms with Gasteiger partial charge in [-0.05, 0) is 69.9 Å². The molecule has 0 fully saturated rings. The second-order valence-corrected chi connectivity index (χ2v) is 15.1. The van der Waals surface area contributed by atoms with Crippen LogP contribution in [0.25, 0.3) is 0 Å². The Balaban J connectivity index is 1.54. The molecule has 1 aromatic carbocycles. The van der Waals surface area contributed by atoms with E-state index in [1.807, 2.05) is 20.8 Å². The average Bonchev–Trinajstić information content (AvgIpc) is 3.29. The molecule has 0 saturated carbocycles. The van der Waals surface area contributed by atoms with Crippen molar-refractivity contribution >= 4 is 23.6 Å². The topological polar surface area (TPSA) is 235 Å². The largest absolute Gasteiger partial charge is 0.486 e. The summed E-state index contributed by atoms with van der Waals surface area (Å²) in [5.74, 6) is -3.58. The molecule has 64 heavy (non-hydrogen) atoms. The fraction of sp³-hybridized carbons (Fsp3) is 0.468. The van der Waals surface area contributed by atoms with E-state index in [1.54, 1.807) is 30.3 Å². The molecule has 0 radical (unpaired) electrons. The Morgan fingerprint density at radius 1 is 0.484 bits per heavy atom. The highest BCUT2D eigenvalue weighted by atomic mass is 16.5. The Morgan fingerprint density at radius 3 is 1.16 bits per heavy atom. The van der Waals surface area contributed by atoms with Gasteiger partial charge in [0, 0.05) is 48.9 Å². The summed E-state index contributed by atoms with van der Waals surface area (Å²) in [4.78, 5) is 91.5. The van der Waals surface area contributed by atoms with Crippen LogP contribution in [0.4, 0.5) is 0 Å². The van der Waals surface area contributed by atoms with E-state index < -0.39 is 39.5 Å². The first kappa shape index (κ1) is 50.0. The number of hydrogen-bond donors (Lipinski definition) is 4. The number of unbranched alkanes of at least 4 members (excludes halogenated alkanes) is 3. The molecule has 0 aliphatic carbocycles. The first-order valence-corrected chi connectivity index (χ1v) is 22.0. The molecule has 3 heterocycles. The van der Waals surface area contributed by atoms with Crippen molar-refractivity contribution in [1.82, 2.24) is 21.3 Å². The average molecular weight is 889 g/mol. The Bertz CT molecular complexity index is 2080. The summed E-state index contributed by atoms with van der Waals surface area (Å²) < 4.78 is 33.1. The van der Waals surface area contributed by atoms with Crippen molar-refractivity contribution in [2.45, 2.75) is 103 Å². The van der Waals surface area contributed by atoms with E-state index in [9.17, 15) is 33.6 Å². The van der Waals surface area contributed by atoms with Crippen molar-refractivity contribution in [1.29, 1.82) is 0 Å². The third-order valence-corrected chi connectivity index (χ3v) is 10.1. The van der Waals surface area contributed by atoms with Crippen LogP contribution >= 0.6 is 0 Å². The molecule has 4 amide bonds. The third-order valence-electron chi connectivity index (χ3n) is 10.1. The van der Waals surface area contributed by atoms with Crippen LogP contribution < -0.4 is 51.8 Å². The van der Waals surface area contributed by atoms with E-state index >= 15 is 0 Å². The van der Waals surface area contributed by atoms with Crippen LogP contribution in [-0.4, -0.2) is 68.6 Å². The molecule has 17 nitrogen and oxygen atoms in total. The molecule has 0 unspecified atom stereocenters. The van der Waals surface area contributed by atoms with E-state index in [1.165, 1.54) is 18.2 Å². The SMILES string of the molecule is CCCCOc1c(C(=O)NCCCC(CCCNC(=O)c2occc(=O)c2OCCCC)(CCCNC(=O)c2occc(=O)c2OCCCC)NC(=O)c2ccccc2)occc1=O. The van der Waals surface area contributed by atoms with Gasteiger partial charge in [0.1, 0.15) is 0 Å². The van der Waals surface area contributed by atoms with Gasteiger partial charge in [0.05, 0.1) is 38.6 Å². The van der Waals surface area contributed by atoms with Gasteiger partial charge in [0.25, 0.3) is 23.6 Å². The van der Waals surface area contributed by atoms with Crippen LogP contribution in [0.1, 0.15) is 140 Å². The minimum absolute atomic E-state index is 0.115. The molecule has 4 N–H and O–H groups in total. The number of carbonyl (C=O) groups excluding carboxylic acids is 4. The number of amides is 4. The zero-order chi connectivity index (χ0) is 46.2. The minimum atomic E-state index is -0.970. The number of rotatable bonds is 29.